The van der Waals surface area contributed by atoms with Gasteiger partial charge in [0.2, 0.25) is 0 Å². The van der Waals surface area contributed by atoms with Crippen LogP contribution < -0.4 is 5.73 Å². The summed E-state index contributed by atoms with van der Waals surface area (Å²) < 4.78 is 0. The van der Waals surface area contributed by atoms with Gasteiger partial charge < -0.3 is 10.6 Å². The van der Waals surface area contributed by atoms with Gasteiger partial charge in [0, 0.05) is 38.5 Å². The van der Waals surface area contributed by atoms with Crippen molar-refractivity contribution in [3.8, 4) is 22.8 Å². The highest BCUT2D eigenvalue weighted by atomic mass is 32.2. The molecule has 2 heterocycles. The lowest BCUT2D eigenvalue weighted by molar-refractivity contribution is 0.331. The van der Waals surface area contributed by atoms with Crippen LogP contribution in [0.25, 0.3) is 22.8 Å². The summed E-state index contributed by atoms with van der Waals surface area (Å²) in [4.78, 5) is 18.9. The minimum Gasteiger partial charge on any atom is -0.324 e. The van der Waals surface area contributed by atoms with E-state index in [0.717, 1.165) is 28.7 Å². The topological polar surface area (TPSA) is 67.9 Å². The molecule has 0 amide bonds. The van der Waals surface area contributed by atoms with E-state index < -0.39 is 0 Å². The van der Waals surface area contributed by atoms with E-state index in [1.54, 1.807) is 23.5 Å². The van der Waals surface area contributed by atoms with Gasteiger partial charge in [0.25, 0.3) is 0 Å². The van der Waals surface area contributed by atoms with E-state index in [-0.39, 0.29) is 6.54 Å². The summed E-state index contributed by atoms with van der Waals surface area (Å²) in [5.41, 5.74) is 10.5. The van der Waals surface area contributed by atoms with Crippen molar-refractivity contribution in [2.45, 2.75) is 53.6 Å². The van der Waals surface area contributed by atoms with E-state index in [4.69, 9.17) is 10.7 Å². The van der Waals surface area contributed by atoms with Crippen LogP contribution in [0.5, 0.6) is 0 Å². The molecule has 4 aromatic carbocycles. The summed E-state index contributed by atoms with van der Waals surface area (Å²) >= 11 is 3.60. The first-order chi connectivity index (χ1) is 21.1. The molecule has 1 atom stereocenters. The number of rotatable bonds is 9. The number of nitrogens with two attached hydrogens (primary N) is 1. The Labute approximate surface area is 264 Å². The van der Waals surface area contributed by atoms with Crippen molar-refractivity contribution in [3.05, 3.63) is 126 Å². The lowest BCUT2D eigenvalue weighted by atomic mass is 10.2. The molecule has 1 aromatic heterocycles. The first-order valence-electron chi connectivity index (χ1n) is 14.8. The highest BCUT2D eigenvalue weighted by molar-refractivity contribution is 7.98. The van der Waals surface area contributed by atoms with Crippen LogP contribution >= 0.6 is 23.5 Å². The largest absolute Gasteiger partial charge is 0.324 e. The lowest BCUT2D eigenvalue weighted by Crippen LogP contribution is -2.20. The molecular formula is C36H39N5S2. The van der Waals surface area contributed by atoms with Gasteiger partial charge in [-0.05, 0) is 68.8 Å². The number of aromatic nitrogens is 3. The van der Waals surface area contributed by atoms with Crippen LogP contribution in [-0.4, -0.2) is 39.5 Å². The Balaban J connectivity index is 0.000000463. The molecule has 0 spiro atoms. The second kappa shape index (κ2) is 15.8. The molecule has 5 nitrogen and oxygen atoms in total. The van der Waals surface area contributed by atoms with Crippen LogP contribution in [0.2, 0.25) is 0 Å². The maximum Gasteiger partial charge on any atom is 0.163 e. The van der Waals surface area contributed by atoms with Gasteiger partial charge in [-0.1, -0.05) is 84.9 Å². The molecule has 1 aliphatic heterocycles. The number of likely N-dealkylation sites (tertiary alicyclic amines) is 1. The molecule has 2 N–H and O–H groups in total. The van der Waals surface area contributed by atoms with E-state index in [0.29, 0.717) is 17.5 Å². The maximum absolute atomic E-state index is 5.97. The van der Waals surface area contributed by atoms with E-state index in [1.165, 1.54) is 40.3 Å². The first kappa shape index (κ1) is 31.0. The van der Waals surface area contributed by atoms with Crippen molar-refractivity contribution in [2.75, 3.05) is 13.6 Å². The van der Waals surface area contributed by atoms with Crippen molar-refractivity contribution in [1.29, 1.82) is 0 Å². The molecular weight excluding hydrogens is 567 g/mol. The molecule has 0 bridgehead atoms. The molecule has 6 rings (SSSR count). The zero-order chi connectivity index (χ0) is 29.9. The Bertz CT molecular complexity index is 1470. The number of hydrogen-bond acceptors (Lipinski definition) is 7. The highest BCUT2D eigenvalue weighted by Gasteiger charge is 2.14. The Hall–Kier alpha value is -3.49. The third-order valence-electron chi connectivity index (χ3n) is 7.43. The van der Waals surface area contributed by atoms with Gasteiger partial charge in [0.05, 0.1) is 6.54 Å². The van der Waals surface area contributed by atoms with Gasteiger partial charge in [-0.3, -0.25) is 0 Å². The molecule has 1 saturated heterocycles. The molecule has 5 aromatic rings. The van der Waals surface area contributed by atoms with Crippen LogP contribution in [0.1, 0.15) is 36.7 Å². The predicted molar refractivity (Wildman–Crippen MR) is 182 cm³/mol. The molecule has 1 unspecified atom stereocenters. The molecule has 1 fully saturated rings. The summed E-state index contributed by atoms with van der Waals surface area (Å²) in [6.45, 7) is 3.85. The minimum atomic E-state index is 0.257. The second-order valence-electron chi connectivity index (χ2n) is 10.7. The molecule has 43 heavy (non-hydrogen) atoms. The standard InChI is InChI=1S/C30H26N4S2.C6H13N/c31-19-28-32-29(24-13-7-15-26(17-24)35-20-22-9-3-1-4-10-22)34-30(33-28)25-14-8-16-27(18-25)36-21-23-11-5-2-6-12-23;1-6-4-3-5-7(6)2/h1-18H,19-21,31H2;6H,3-5H2,1-2H3. The molecule has 0 saturated carbocycles. The SMILES string of the molecule is CC1CCCN1C.NCc1nc(-c2cccc(SCc3ccccc3)c2)nc(-c2cccc(SCc3ccccc3)c2)n1. The van der Waals surface area contributed by atoms with Crippen LogP contribution in [0.4, 0.5) is 0 Å². The lowest BCUT2D eigenvalue weighted by Gasteiger charge is -2.12. The van der Waals surface area contributed by atoms with Gasteiger partial charge in [-0.2, -0.15) is 0 Å². The summed E-state index contributed by atoms with van der Waals surface area (Å²) in [5.74, 6) is 3.69. The number of thioether (sulfide) groups is 2. The average molecular weight is 606 g/mol. The van der Waals surface area contributed by atoms with E-state index in [9.17, 15) is 0 Å². The Morgan fingerprint density at radius 2 is 1.21 bits per heavy atom. The van der Waals surface area contributed by atoms with Crippen LogP contribution in [0.15, 0.2) is 119 Å². The highest BCUT2D eigenvalue weighted by Crippen LogP contribution is 2.29. The quantitative estimate of drug-likeness (QED) is 0.169. The van der Waals surface area contributed by atoms with E-state index in [2.05, 4.69) is 114 Å². The number of benzene rings is 4. The summed E-state index contributed by atoms with van der Waals surface area (Å²) in [6, 6.07) is 38.5. The first-order valence-corrected chi connectivity index (χ1v) is 16.7. The Morgan fingerprint density at radius 1 is 0.698 bits per heavy atom. The van der Waals surface area contributed by atoms with Crippen LogP contribution in [-0.2, 0) is 18.1 Å². The molecule has 0 radical (unpaired) electrons. The molecule has 7 heteroatoms. The fourth-order valence-electron chi connectivity index (χ4n) is 4.78. The third-order valence-corrected chi connectivity index (χ3v) is 9.56. The van der Waals surface area contributed by atoms with E-state index >= 15 is 0 Å². The smallest absolute Gasteiger partial charge is 0.163 e. The molecule has 220 valence electrons. The van der Waals surface area contributed by atoms with Gasteiger partial charge in [0.15, 0.2) is 11.6 Å². The normalized spacial score (nSPS) is 14.7. The number of nitrogens with zero attached hydrogens (tertiary/aromatic N) is 4. The van der Waals surface area contributed by atoms with Gasteiger partial charge in [-0.15, -0.1) is 23.5 Å². The summed E-state index contributed by atoms with van der Waals surface area (Å²) in [5, 5.41) is 0. The maximum atomic E-state index is 5.97. The fourth-order valence-corrected chi connectivity index (χ4v) is 6.60. The Morgan fingerprint density at radius 3 is 1.60 bits per heavy atom. The van der Waals surface area contributed by atoms with Crippen molar-refractivity contribution >= 4 is 23.5 Å². The Kier molecular flexibility index (Phi) is 11.4. The van der Waals surface area contributed by atoms with Crippen molar-refractivity contribution < 1.29 is 0 Å². The zero-order valence-electron chi connectivity index (χ0n) is 24.9. The summed E-state index contributed by atoms with van der Waals surface area (Å²) in [7, 11) is 2.19. The number of hydrogen-bond donors (Lipinski definition) is 1. The minimum absolute atomic E-state index is 0.257. The van der Waals surface area contributed by atoms with Crippen molar-refractivity contribution in [1.82, 2.24) is 19.9 Å². The predicted octanol–water partition coefficient (Wildman–Crippen LogP) is 8.35. The molecule has 0 aliphatic carbocycles. The van der Waals surface area contributed by atoms with Crippen LogP contribution in [0.3, 0.4) is 0 Å². The third kappa shape index (κ3) is 9.25. The van der Waals surface area contributed by atoms with Gasteiger partial charge in [-0.25, -0.2) is 15.0 Å². The fraction of sp³-hybridized carbons (Fsp3) is 0.250. The van der Waals surface area contributed by atoms with E-state index in [1.807, 2.05) is 24.3 Å². The monoisotopic (exact) mass is 605 g/mol. The molecule has 1 aliphatic rings. The van der Waals surface area contributed by atoms with Crippen molar-refractivity contribution in [2.24, 2.45) is 5.73 Å². The van der Waals surface area contributed by atoms with Crippen LogP contribution in [0, 0.1) is 0 Å². The second-order valence-corrected chi connectivity index (χ2v) is 12.8. The van der Waals surface area contributed by atoms with Gasteiger partial charge >= 0.3 is 0 Å². The van der Waals surface area contributed by atoms with Gasteiger partial charge in [0.1, 0.15) is 5.82 Å². The summed E-state index contributed by atoms with van der Waals surface area (Å²) in [6.07, 6.45) is 2.80. The average Bonchev–Trinajstić information content (AvgIpc) is 3.45. The van der Waals surface area contributed by atoms with Crippen molar-refractivity contribution in [3.63, 3.8) is 0 Å². The zero-order valence-corrected chi connectivity index (χ0v) is 26.5.